The summed E-state index contributed by atoms with van der Waals surface area (Å²) < 4.78 is 1.93. The number of benzene rings is 1. The Bertz CT molecular complexity index is 629. The Hall–Kier alpha value is -1.81. The molecule has 0 spiro atoms. The molecule has 4 nitrogen and oxygen atoms in total. The van der Waals surface area contributed by atoms with Gasteiger partial charge in [0.25, 0.3) is 0 Å². The average molecular weight is 270 g/mol. The molecule has 0 aliphatic heterocycles. The molecule has 0 saturated heterocycles. The molecule has 1 aliphatic carbocycles. The van der Waals surface area contributed by atoms with Gasteiger partial charge in [-0.1, -0.05) is 6.07 Å². The minimum atomic E-state index is 0.303. The molecule has 0 fully saturated rings. The second-order valence-electron chi connectivity index (χ2n) is 5.75. The van der Waals surface area contributed by atoms with Gasteiger partial charge in [-0.3, -0.25) is 4.68 Å². The highest BCUT2D eigenvalue weighted by Crippen LogP contribution is 2.34. The van der Waals surface area contributed by atoms with Crippen molar-refractivity contribution in [2.45, 2.75) is 38.8 Å². The van der Waals surface area contributed by atoms with Crippen LogP contribution in [-0.4, -0.2) is 9.78 Å². The van der Waals surface area contributed by atoms with Gasteiger partial charge in [0, 0.05) is 36.1 Å². The molecule has 3 N–H and O–H groups in total. The summed E-state index contributed by atoms with van der Waals surface area (Å²) in [4.78, 5) is 0. The van der Waals surface area contributed by atoms with Gasteiger partial charge in [0.2, 0.25) is 0 Å². The highest BCUT2D eigenvalue weighted by Gasteiger charge is 2.24. The summed E-state index contributed by atoms with van der Waals surface area (Å²) in [5, 5.41) is 8.06. The zero-order valence-electron chi connectivity index (χ0n) is 12.4. The first-order valence-corrected chi connectivity index (χ1v) is 7.19. The summed E-state index contributed by atoms with van der Waals surface area (Å²) in [5.41, 5.74) is 12.0. The Morgan fingerprint density at radius 1 is 1.45 bits per heavy atom. The number of nitrogens with zero attached hydrogens (tertiary/aromatic N) is 2. The van der Waals surface area contributed by atoms with E-state index in [1.165, 1.54) is 22.4 Å². The fourth-order valence-corrected chi connectivity index (χ4v) is 3.14. The summed E-state index contributed by atoms with van der Waals surface area (Å²) in [6.45, 7) is 4.32. The third kappa shape index (κ3) is 2.20. The Kier molecular flexibility index (Phi) is 3.26. The van der Waals surface area contributed by atoms with E-state index in [1.54, 1.807) is 0 Å². The smallest absolute Gasteiger partial charge is 0.0540 e. The van der Waals surface area contributed by atoms with Gasteiger partial charge in [0.05, 0.1) is 6.20 Å². The van der Waals surface area contributed by atoms with E-state index in [4.69, 9.17) is 5.73 Å². The zero-order chi connectivity index (χ0) is 14.3. The van der Waals surface area contributed by atoms with Crippen LogP contribution < -0.4 is 11.1 Å². The number of aromatic nitrogens is 2. The minimum Gasteiger partial charge on any atom is -0.399 e. The van der Waals surface area contributed by atoms with Crippen molar-refractivity contribution in [3.8, 4) is 0 Å². The molecule has 4 heteroatoms. The van der Waals surface area contributed by atoms with Crippen LogP contribution in [0.5, 0.6) is 0 Å². The Morgan fingerprint density at radius 2 is 2.25 bits per heavy atom. The maximum Gasteiger partial charge on any atom is 0.0540 e. The van der Waals surface area contributed by atoms with E-state index in [2.05, 4.69) is 36.4 Å². The SMILES string of the molecule is Cc1c(C(C)NC2CCc3cc(N)ccc32)cnn1C. The molecule has 1 aromatic heterocycles. The molecule has 2 atom stereocenters. The van der Waals surface area contributed by atoms with E-state index < -0.39 is 0 Å². The molecule has 0 radical (unpaired) electrons. The normalized spacial score (nSPS) is 19.1. The topological polar surface area (TPSA) is 55.9 Å². The first-order chi connectivity index (χ1) is 9.56. The highest BCUT2D eigenvalue weighted by atomic mass is 15.3. The number of anilines is 1. The minimum absolute atomic E-state index is 0.303. The molecule has 1 aliphatic rings. The number of nitrogens with two attached hydrogens (primary N) is 1. The van der Waals surface area contributed by atoms with Crippen molar-refractivity contribution in [2.75, 3.05) is 5.73 Å². The predicted octanol–water partition coefficient (Wildman–Crippen LogP) is 2.65. The number of rotatable bonds is 3. The van der Waals surface area contributed by atoms with Crippen molar-refractivity contribution >= 4 is 5.69 Å². The van der Waals surface area contributed by atoms with E-state index in [1.807, 2.05) is 24.0 Å². The Balaban J connectivity index is 1.79. The van der Waals surface area contributed by atoms with Gasteiger partial charge in [-0.25, -0.2) is 0 Å². The van der Waals surface area contributed by atoms with Gasteiger partial charge in [0.15, 0.2) is 0 Å². The third-order valence-corrected chi connectivity index (χ3v) is 4.44. The maximum absolute atomic E-state index is 5.86. The van der Waals surface area contributed by atoms with E-state index >= 15 is 0 Å². The number of nitrogens with one attached hydrogen (secondary N) is 1. The van der Waals surface area contributed by atoms with Crippen LogP contribution in [0, 0.1) is 6.92 Å². The second-order valence-corrected chi connectivity index (χ2v) is 5.75. The summed E-state index contributed by atoms with van der Waals surface area (Å²) in [6.07, 6.45) is 4.21. The summed E-state index contributed by atoms with van der Waals surface area (Å²) in [6, 6.07) is 6.99. The summed E-state index contributed by atoms with van der Waals surface area (Å²) >= 11 is 0. The molecule has 1 heterocycles. The van der Waals surface area contributed by atoms with Crippen LogP contribution in [0.15, 0.2) is 24.4 Å². The quantitative estimate of drug-likeness (QED) is 0.843. The van der Waals surface area contributed by atoms with Crippen molar-refractivity contribution in [3.63, 3.8) is 0 Å². The van der Waals surface area contributed by atoms with Gasteiger partial charge in [-0.2, -0.15) is 5.10 Å². The van der Waals surface area contributed by atoms with Gasteiger partial charge in [0.1, 0.15) is 0 Å². The molecule has 2 aromatic rings. The number of fused-ring (bicyclic) bond motifs is 1. The lowest BCUT2D eigenvalue weighted by atomic mass is 10.0. The molecular weight excluding hydrogens is 248 g/mol. The highest BCUT2D eigenvalue weighted by molar-refractivity contribution is 5.47. The van der Waals surface area contributed by atoms with Gasteiger partial charge in [-0.15, -0.1) is 0 Å². The van der Waals surface area contributed by atoms with E-state index in [0.29, 0.717) is 12.1 Å². The monoisotopic (exact) mass is 270 g/mol. The average Bonchev–Trinajstić information content (AvgIpc) is 2.95. The molecule has 1 aromatic carbocycles. The molecule has 0 saturated carbocycles. The number of aryl methyl sites for hydroxylation is 2. The van der Waals surface area contributed by atoms with Crippen LogP contribution in [0.25, 0.3) is 0 Å². The molecule has 0 amide bonds. The lowest BCUT2D eigenvalue weighted by Gasteiger charge is -2.20. The van der Waals surface area contributed by atoms with Crippen LogP contribution in [0.1, 0.15) is 47.8 Å². The fraction of sp³-hybridized carbons (Fsp3) is 0.438. The summed E-state index contributed by atoms with van der Waals surface area (Å²) in [5.74, 6) is 0. The van der Waals surface area contributed by atoms with Gasteiger partial charge in [-0.05, 0) is 49.9 Å². The van der Waals surface area contributed by atoms with Crippen molar-refractivity contribution in [2.24, 2.45) is 7.05 Å². The van der Waals surface area contributed by atoms with Crippen LogP contribution in [0.4, 0.5) is 5.69 Å². The Morgan fingerprint density at radius 3 is 2.95 bits per heavy atom. The van der Waals surface area contributed by atoms with Crippen LogP contribution in [0.2, 0.25) is 0 Å². The van der Waals surface area contributed by atoms with E-state index in [-0.39, 0.29) is 0 Å². The first kappa shape index (κ1) is 13.2. The molecular formula is C16H22N4. The zero-order valence-corrected chi connectivity index (χ0v) is 12.4. The van der Waals surface area contributed by atoms with Crippen molar-refractivity contribution in [3.05, 3.63) is 46.8 Å². The van der Waals surface area contributed by atoms with Crippen molar-refractivity contribution < 1.29 is 0 Å². The number of hydrogen-bond donors (Lipinski definition) is 2. The van der Waals surface area contributed by atoms with Crippen molar-refractivity contribution in [1.29, 1.82) is 0 Å². The molecule has 20 heavy (non-hydrogen) atoms. The predicted molar refractivity (Wildman–Crippen MR) is 81.4 cm³/mol. The lowest BCUT2D eigenvalue weighted by molar-refractivity contribution is 0.463. The second kappa shape index (κ2) is 4.94. The Labute approximate surface area is 120 Å². The third-order valence-electron chi connectivity index (χ3n) is 4.44. The van der Waals surface area contributed by atoms with Crippen LogP contribution in [0.3, 0.4) is 0 Å². The summed E-state index contributed by atoms with van der Waals surface area (Å²) in [7, 11) is 1.99. The number of nitrogen functional groups attached to an aromatic ring is 1. The largest absolute Gasteiger partial charge is 0.399 e. The molecule has 2 unspecified atom stereocenters. The maximum atomic E-state index is 5.86. The van der Waals surface area contributed by atoms with Crippen LogP contribution >= 0.6 is 0 Å². The standard InChI is InChI=1S/C16H22N4/c1-10(15-9-18-20(3)11(15)2)19-16-7-4-12-8-13(17)5-6-14(12)16/h5-6,8-10,16,19H,4,7,17H2,1-3H3. The van der Waals surface area contributed by atoms with Crippen molar-refractivity contribution in [1.82, 2.24) is 15.1 Å². The lowest BCUT2D eigenvalue weighted by Crippen LogP contribution is -2.23. The number of hydrogen-bond acceptors (Lipinski definition) is 3. The van der Waals surface area contributed by atoms with Crippen LogP contribution in [-0.2, 0) is 13.5 Å². The molecule has 3 rings (SSSR count). The van der Waals surface area contributed by atoms with Gasteiger partial charge >= 0.3 is 0 Å². The molecule has 106 valence electrons. The molecule has 0 bridgehead atoms. The fourth-order valence-electron chi connectivity index (χ4n) is 3.14. The van der Waals surface area contributed by atoms with E-state index in [9.17, 15) is 0 Å². The first-order valence-electron chi connectivity index (χ1n) is 7.19. The van der Waals surface area contributed by atoms with E-state index in [0.717, 1.165) is 18.5 Å². The van der Waals surface area contributed by atoms with Gasteiger partial charge < -0.3 is 11.1 Å².